The smallest absolute Gasteiger partial charge is 0.252 e. The van der Waals surface area contributed by atoms with E-state index in [4.69, 9.17) is 10.5 Å². The fourth-order valence-electron chi connectivity index (χ4n) is 4.77. The molecule has 2 aliphatic heterocycles. The lowest BCUT2D eigenvalue weighted by Gasteiger charge is -2.36. The van der Waals surface area contributed by atoms with Gasteiger partial charge in [0.25, 0.3) is 5.91 Å². The number of benzene rings is 2. The number of pyridine rings is 1. The Bertz CT molecular complexity index is 1230. The number of nitrogens with zero attached hydrogens (tertiary/aromatic N) is 3. The van der Waals surface area contributed by atoms with Crippen LogP contribution in [0.2, 0.25) is 0 Å². The number of nitrogens with two attached hydrogens (primary N) is 1. The highest BCUT2D eigenvalue weighted by atomic mass is 32.2. The summed E-state index contributed by atoms with van der Waals surface area (Å²) in [5.74, 6) is 0.984. The third-order valence-corrected chi connectivity index (χ3v) is 7.65. The average molecular weight is 519 g/mol. The summed E-state index contributed by atoms with van der Waals surface area (Å²) in [5, 5.41) is 7.49. The lowest BCUT2D eigenvalue weighted by Crippen LogP contribution is -2.43. The summed E-state index contributed by atoms with van der Waals surface area (Å²) in [7, 11) is 0. The van der Waals surface area contributed by atoms with E-state index in [1.165, 1.54) is 11.9 Å². The number of piperazine rings is 1. The Morgan fingerprint density at radius 3 is 2.59 bits per heavy atom. The first-order valence-corrected chi connectivity index (χ1v) is 13.6. The second kappa shape index (κ2) is 11.3. The van der Waals surface area contributed by atoms with Gasteiger partial charge in [0.1, 0.15) is 11.6 Å². The van der Waals surface area contributed by atoms with Crippen LogP contribution in [0.1, 0.15) is 42.2 Å². The van der Waals surface area contributed by atoms with Crippen LogP contribution in [0.4, 0.5) is 22.9 Å². The molecule has 3 aromatic rings. The molecule has 0 saturated carbocycles. The Labute approximate surface area is 222 Å². The Morgan fingerprint density at radius 1 is 1.11 bits per heavy atom. The van der Waals surface area contributed by atoms with Gasteiger partial charge in [-0.3, -0.25) is 4.79 Å². The van der Waals surface area contributed by atoms with E-state index in [-0.39, 0.29) is 6.04 Å². The van der Waals surface area contributed by atoms with Gasteiger partial charge in [0.15, 0.2) is 0 Å². The van der Waals surface area contributed by atoms with Gasteiger partial charge in [0.05, 0.1) is 23.9 Å². The number of aromatic nitrogens is 1. The lowest BCUT2D eigenvalue weighted by molar-refractivity contribution is 0.100. The maximum Gasteiger partial charge on any atom is 0.252 e. The van der Waals surface area contributed by atoms with Crippen molar-refractivity contribution in [2.75, 3.05) is 48.3 Å². The van der Waals surface area contributed by atoms with Gasteiger partial charge in [-0.05, 0) is 30.3 Å². The highest BCUT2D eigenvalue weighted by Gasteiger charge is 2.23. The third kappa shape index (κ3) is 6.11. The predicted molar refractivity (Wildman–Crippen MR) is 152 cm³/mol. The Morgan fingerprint density at radius 2 is 1.86 bits per heavy atom. The van der Waals surface area contributed by atoms with E-state index in [0.29, 0.717) is 28.9 Å². The van der Waals surface area contributed by atoms with E-state index >= 15 is 0 Å². The van der Waals surface area contributed by atoms with Crippen LogP contribution in [0, 0.1) is 0 Å². The molecule has 0 radical (unpaired) electrons. The zero-order valence-electron chi connectivity index (χ0n) is 21.3. The van der Waals surface area contributed by atoms with Crippen LogP contribution in [-0.2, 0) is 0 Å². The van der Waals surface area contributed by atoms with Crippen molar-refractivity contribution in [1.82, 2.24) is 9.29 Å². The molecule has 1 atom stereocenters. The van der Waals surface area contributed by atoms with Crippen LogP contribution in [-0.4, -0.2) is 53.2 Å². The molecular formula is C28H34N6O2S. The molecule has 2 aliphatic rings. The molecule has 194 valence electrons. The maximum atomic E-state index is 12.1. The fraction of sp³-hybridized carbons (Fsp3) is 0.357. The molecule has 1 fully saturated rings. The molecule has 1 aromatic heterocycles. The first kappa shape index (κ1) is 25.2. The molecule has 37 heavy (non-hydrogen) atoms. The molecule has 9 heteroatoms. The number of hydrogen-bond donors (Lipinski definition) is 3. The van der Waals surface area contributed by atoms with Crippen molar-refractivity contribution >= 4 is 40.7 Å². The summed E-state index contributed by atoms with van der Waals surface area (Å²) in [5.41, 5.74) is 9.89. The molecule has 5 rings (SSSR count). The summed E-state index contributed by atoms with van der Waals surface area (Å²) in [6.07, 6.45) is 2.31. The molecule has 1 unspecified atom stereocenters. The molecule has 1 amide bonds. The number of fused-ring (bicyclic) bond motifs is 1. The van der Waals surface area contributed by atoms with E-state index < -0.39 is 5.91 Å². The number of amides is 1. The highest BCUT2D eigenvalue weighted by molar-refractivity contribution is 7.97. The number of para-hydroxylation sites is 1. The quantitative estimate of drug-likeness (QED) is 0.357. The number of ether oxygens (including phenoxy) is 1. The van der Waals surface area contributed by atoms with Crippen molar-refractivity contribution in [2.45, 2.75) is 31.6 Å². The fourth-order valence-corrected chi connectivity index (χ4v) is 5.74. The predicted octanol–water partition coefficient (Wildman–Crippen LogP) is 5.04. The van der Waals surface area contributed by atoms with Gasteiger partial charge >= 0.3 is 0 Å². The van der Waals surface area contributed by atoms with E-state index in [1.54, 1.807) is 0 Å². The molecule has 0 aliphatic carbocycles. The third-order valence-electron chi connectivity index (χ3n) is 6.56. The highest BCUT2D eigenvalue weighted by Crippen LogP contribution is 2.35. The Balaban J connectivity index is 1.27. The SMILES string of the molecule is CC(C)SN1CCN(c2ccc(Nc3cc(NC4CCOc5ccccc54)c(C(N)=O)cn3)cc2)CC1. The maximum absolute atomic E-state index is 12.1. The van der Waals surface area contributed by atoms with Crippen LogP contribution in [0.15, 0.2) is 60.8 Å². The number of hydrogen-bond acceptors (Lipinski definition) is 8. The average Bonchev–Trinajstić information content (AvgIpc) is 2.89. The van der Waals surface area contributed by atoms with E-state index in [1.807, 2.05) is 42.3 Å². The minimum absolute atomic E-state index is 0.0111. The number of carbonyl (C=O) groups is 1. The molecule has 1 saturated heterocycles. The van der Waals surface area contributed by atoms with Crippen molar-refractivity contribution in [3.63, 3.8) is 0 Å². The van der Waals surface area contributed by atoms with Crippen molar-refractivity contribution in [2.24, 2.45) is 5.73 Å². The van der Waals surface area contributed by atoms with Gasteiger partial charge in [0, 0.05) is 67.1 Å². The van der Waals surface area contributed by atoms with Crippen molar-refractivity contribution in [3.05, 3.63) is 71.9 Å². The van der Waals surface area contributed by atoms with Gasteiger partial charge in [-0.2, -0.15) is 0 Å². The van der Waals surface area contributed by atoms with Gasteiger partial charge in [-0.25, -0.2) is 9.29 Å². The second-order valence-corrected chi connectivity index (χ2v) is 11.3. The summed E-state index contributed by atoms with van der Waals surface area (Å²) >= 11 is 1.94. The van der Waals surface area contributed by atoms with Crippen LogP contribution in [0.3, 0.4) is 0 Å². The van der Waals surface area contributed by atoms with Gasteiger partial charge < -0.3 is 26.0 Å². The molecular weight excluding hydrogens is 484 g/mol. The minimum atomic E-state index is -0.516. The van der Waals surface area contributed by atoms with Crippen LogP contribution >= 0.6 is 11.9 Å². The first-order chi connectivity index (χ1) is 18.0. The number of rotatable bonds is 8. The minimum Gasteiger partial charge on any atom is -0.493 e. The van der Waals surface area contributed by atoms with Crippen LogP contribution in [0.25, 0.3) is 0 Å². The standard InChI is InChI=1S/C28H34N6O2S/c1-19(2)37-34-14-12-33(13-15-34)21-9-7-20(8-10-21)31-27-17-25(23(18-30-27)28(29)35)32-24-11-16-36-26-6-4-3-5-22(24)26/h3-10,17-19,24H,11-16H2,1-2H3,(H2,29,35)(H2,30,31,32). The van der Waals surface area contributed by atoms with E-state index in [0.717, 1.165) is 49.6 Å². The van der Waals surface area contributed by atoms with Gasteiger partial charge in [-0.1, -0.05) is 44.0 Å². The number of carbonyl (C=O) groups excluding carboxylic acids is 1. The van der Waals surface area contributed by atoms with Gasteiger partial charge in [0.2, 0.25) is 0 Å². The van der Waals surface area contributed by atoms with Crippen molar-refractivity contribution < 1.29 is 9.53 Å². The van der Waals surface area contributed by atoms with Crippen LogP contribution < -0.4 is 26.0 Å². The molecule has 0 spiro atoms. The number of nitrogens with one attached hydrogen (secondary N) is 2. The Kier molecular flexibility index (Phi) is 7.71. The molecule has 0 bridgehead atoms. The molecule has 2 aromatic carbocycles. The second-order valence-electron chi connectivity index (χ2n) is 9.59. The summed E-state index contributed by atoms with van der Waals surface area (Å²) in [6.45, 7) is 9.25. The lowest BCUT2D eigenvalue weighted by atomic mass is 10.00. The van der Waals surface area contributed by atoms with Crippen molar-refractivity contribution in [3.8, 4) is 5.75 Å². The first-order valence-electron chi connectivity index (χ1n) is 12.8. The molecule has 3 heterocycles. The largest absolute Gasteiger partial charge is 0.493 e. The summed E-state index contributed by atoms with van der Waals surface area (Å²) in [6, 6.07) is 18.2. The van der Waals surface area contributed by atoms with E-state index in [9.17, 15) is 4.79 Å². The summed E-state index contributed by atoms with van der Waals surface area (Å²) in [4.78, 5) is 19.0. The number of primary amides is 1. The van der Waals surface area contributed by atoms with E-state index in [2.05, 4.69) is 62.9 Å². The van der Waals surface area contributed by atoms with Gasteiger partial charge in [-0.15, -0.1) is 0 Å². The molecule has 4 N–H and O–H groups in total. The monoisotopic (exact) mass is 518 g/mol. The zero-order valence-corrected chi connectivity index (χ0v) is 22.1. The zero-order chi connectivity index (χ0) is 25.8. The van der Waals surface area contributed by atoms with Crippen LogP contribution in [0.5, 0.6) is 5.75 Å². The normalized spacial score (nSPS) is 17.7. The van der Waals surface area contributed by atoms with Crippen molar-refractivity contribution in [1.29, 1.82) is 0 Å². The number of anilines is 4. The Hall–Kier alpha value is -3.43. The summed E-state index contributed by atoms with van der Waals surface area (Å²) < 4.78 is 8.24. The topological polar surface area (TPSA) is 95.7 Å². The molecule has 8 nitrogen and oxygen atoms in total.